The molecule has 1 atom stereocenters. The molecule has 1 unspecified atom stereocenters. The van der Waals surface area contributed by atoms with Crippen molar-refractivity contribution in [3.05, 3.63) is 0 Å². The Balaban J connectivity index is 2.26. The highest BCUT2D eigenvalue weighted by atomic mass is 127. The second-order valence-electron chi connectivity index (χ2n) is 2.95. The fraction of sp³-hybridized carbons (Fsp3) is 1.00. The van der Waals surface area contributed by atoms with Gasteiger partial charge >= 0.3 is 0 Å². The lowest BCUT2D eigenvalue weighted by Gasteiger charge is -2.11. The minimum absolute atomic E-state index is 0.922. The van der Waals surface area contributed by atoms with Crippen molar-refractivity contribution in [2.24, 2.45) is 0 Å². The predicted molar refractivity (Wildman–Crippen MR) is 56.7 cm³/mol. The van der Waals surface area contributed by atoms with Gasteiger partial charge in [-0.3, -0.25) is 0 Å². The molecule has 1 aliphatic rings. The number of nitrogens with zero attached hydrogens (tertiary/aromatic N) is 1. The van der Waals surface area contributed by atoms with Crippen LogP contribution < -0.4 is 0 Å². The molecule has 0 aliphatic carbocycles. The highest BCUT2D eigenvalue weighted by Gasteiger charge is 2.13. The fourth-order valence-electron chi connectivity index (χ4n) is 1.30. The van der Waals surface area contributed by atoms with E-state index in [2.05, 4.69) is 33.2 Å². The second kappa shape index (κ2) is 4.83. The van der Waals surface area contributed by atoms with Crippen molar-refractivity contribution in [3.8, 4) is 0 Å². The van der Waals surface area contributed by atoms with E-state index in [0.717, 1.165) is 5.25 Å². The van der Waals surface area contributed by atoms with Gasteiger partial charge in [0, 0.05) is 5.25 Å². The number of likely N-dealkylation sites (tertiary alicyclic amines) is 1. The molecule has 0 N–H and O–H groups in total. The van der Waals surface area contributed by atoms with E-state index >= 15 is 0 Å². The summed E-state index contributed by atoms with van der Waals surface area (Å²) in [6.45, 7) is 2.59. The molecule has 1 aliphatic heterocycles. The second-order valence-corrected chi connectivity index (χ2v) is 5.32. The third-order valence-corrected chi connectivity index (χ3v) is 4.91. The fourth-order valence-corrected chi connectivity index (χ4v) is 3.27. The molecule has 1 saturated heterocycles. The van der Waals surface area contributed by atoms with Gasteiger partial charge in [-0.1, -0.05) is 8.93 Å². The number of rotatable bonds is 1. The van der Waals surface area contributed by atoms with Gasteiger partial charge in [0.15, 0.2) is 0 Å². The van der Waals surface area contributed by atoms with E-state index in [1.807, 2.05) is 8.93 Å². The Labute approximate surface area is 79.5 Å². The van der Waals surface area contributed by atoms with Crippen LogP contribution in [-0.2, 0) is 0 Å². The van der Waals surface area contributed by atoms with Gasteiger partial charge in [-0.25, -0.2) is 0 Å². The van der Waals surface area contributed by atoms with Crippen LogP contribution in [-0.4, -0.2) is 30.3 Å². The zero-order chi connectivity index (χ0) is 7.40. The van der Waals surface area contributed by atoms with Crippen molar-refractivity contribution in [2.45, 2.75) is 24.5 Å². The van der Waals surface area contributed by atoms with Crippen LogP contribution in [0, 0.1) is 0 Å². The third kappa shape index (κ3) is 2.96. The molecule has 0 bridgehead atoms. The molecule has 1 nitrogen and oxygen atoms in total. The minimum atomic E-state index is 0.922. The monoisotopic (exact) mass is 271 g/mol. The molecule has 0 aromatic carbocycles. The van der Waals surface area contributed by atoms with Crippen LogP contribution in [0.1, 0.15) is 19.3 Å². The molecule has 3 heteroatoms. The normalized spacial score (nSPS) is 30.0. The Morgan fingerprint density at radius 3 is 2.90 bits per heavy atom. The summed E-state index contributed by atoms with van der Waals surface area (Å²) in [6, 6.07) is 0. The van der Waals surface area contributed by atoms with Crippen molar-refractivity contribution in [3.63, 3.8) is 0 Å². The molecule has 1 rings (SSSR count). The van der Waals surface area contributed by atoms with E-state index in [4.69, 9.17) is 0 Å². The van der Waals surface area contributed by atoms with Gasteiger partial charge in [0.05, 0.1) is 0 Å². The SMILES string of the molecule is CN1CCCC(SI)CC1. The maximum atomic E-state index is 2.44. The first kappa shape index (κ1) is 9.13. The van der Waals surface area contributed by atoms with Crippen LogP contribution >= 0.6 is 30.1 Å². The molecular formula is C7H14INS. The van der Waals surface area contributed by atoms with Gasteiger partial charge in [0.1, 0.15) is 0 Å². The van der Waals surface area contributed by atoms with E-state index in [1.54, 1.807) is 0 Å². The third-order valence-electron chi connectivity index (χ3n) is 2.02. The molecule has 60 valence electrons. The van der Waals surface area contributed by atoms with Crippen molar-refractivity contribution in [1.29, 1.82) is 0 Å². The Hall–Kier alpha value is 1.04. The Kier molecular flexibility index (Phi) is 4.41. The highest BCUT2D eigenvalue weighted by Crippen LogP contribution is 2.27. The van der Waals surface area contributed by atoms with Gasteiger partial charge in [0.25, 0.3) is 0 Å². The first-order valence-corrected chi connectivity index (χ1v) is 7.21. The van der Waals surface area contributed by atoms with E-state index in [1.165, 1.54) is 32.4 Å². The first-order chi connectivity index (χ1) is 4.83. The van der Waals surface area contributed by atoms with Crippen LogP contribution in [0.2, 0.25) is 0 Å². The molecule has 0 aromatic rings. The van der Waals surface area contributed by atoms with Gasteiger partial charge < -0.3 is 4.90 Å². The standard InChI is InChI=1S/C7H14INS/c1-9-5-2-3-7(10-8)4-6-9/h7H,2-6H2,1H3. The van der Waals surface area contributed by atoms with E-state index < -0.39 is 0 Å². The first-order valence-electron chi connectivity index (χ1n) is 3.79. The summed E-state index contributed by atoms with van der Waals surface area (Å²) in [5.41, 5.74) is 0. The molecule has 0 radical (unpaired) electrons. The van der Waals surface area contributed by atoms with E-state index in [-0.39, 0.29) is 0 Å². The smallest absolute Gasteiger partial charge is 0.0160 e. The summed E-state index contributed by atoms with van der Waals surface area (Å²) in [4.78, 5) is 2.44. The lowest BCUT2D eigenvalue weighted by atomic mass is 10.2. The molecule has 1 fully saturated rings. The van der Waals surface area contributed by atoms with E-state index in [9.17, 15) is 0 Å². The van der Waals surface area contributed by atoms with Crippen molar-refractivity contribution in [2.75, 3.05) is 20.1 Å². The highest BCUT2D eigenvalue weighted by molar-refractivity contribution is 14.2. The van der Waals surface area contributed by atoms with Gasteiger partial charge in [0.2, 0.25) is 0 Å². The maximum absolute atomic E-state index is 2.44. The lowest BCUT2D eigenvalue weighted by molar-refractivity contribution is 0.350. The number of hydrogen-bond donors (Lipinski definition) is 0. The van der Waals surface area contributed by atoms with Crippen LogP contribution in [0.5, 0.6) is 0 Å². The Bertz CT molecular complexity index is 99.6. The summed E-state index contributed by atoms with van der Waals surface area (Å²) in [6.07, 6.45) is 4.18. The van der Waals surface area contributed by atoms with Crippen LogP contribution in [0.25, 0.3) is 0 Å². The van der Waals surface area contributed by atoms with Gasteiger partial charge in [-0.2, -0.15) is 0 Å². The number of halogens is 1. The average molecular weight is 271 g/mol. The topological polar surface area (TPSA) is 3.24 Å². The summed E-state index contributed by atoms with van der Waals surface area (Å²) >= 11 is 2.43. The summed E-state index contributed by atoms with van der Waals surface area (Å²) in [5.74, 6) is 0. The molecular weight excluding hydrogens is 257 g/mol. The van der Waals surface area contributed by atoms with Crippen LogP contribution in [0.15, 0.2) is 0 Å². The average Bonchev–Trinajstić information content (AvgIpc) is 2.14. The van der Waals surface area contributed by atoms with Gasteiger partial charge in [-0.15, -0.1) is 0 Å². The Morgan fingerprint density at radius 2 is 2.20 bits per heavy atom. The zero-order valence-electron chi connectivity index (χ0n) is 6.35. The van der Waals surface area contributed by atoms with Gasteiger partial charge in [-0.05, 0) is 60.6 Å². The molecule has 1 heterocycles. The minimum Gasteiger partial charge on any atom is -0.306 e. The molecule has 10 heavy (non-hydrogen) atoms. The van der Waals surface area contributed by atoms with Crippen molar-refractivity contribution in [1.82, 2.24) is 4.90 Å². The largest absolute Gasteiger partial charge is 0.306 e. The predicted octanol–water partition coefficient (Wildman–Crippen LogP) is 2.55. The van der Waals surface area contributed by atoms with Crippen molar-refractivity contribution >= 4 is 30.1 Å². The van der Waals surface area contributed by atoms with Crippen LogP contribution in [0.3, 0.4) is 0 Å². The lowest BCUT2D eigenvalue weighted by Crippen LogP contribution is -2.18. The number of hydrogen-bond acceptors (Lipinski definition) is 2. The molecule has 0 amide bonds. The molecule has 0 aromatic heterocycles. The summed E-state index contributed by atoms with van der Waals surface area (Å²) < 4.78 is 0. The maximum Gasteiger partial charge on any atom is 0.0160 e. The van der Waals surface area contributed by atoms with Crippen LogP contribution in [0.4, 0.5) is 0 Å². The summed E-state index contributed by atoms with van der Waals surface area (Å²) in [7, 11) is 4.23. The molecule has 0 saturated carbocycles. The molecule has 0 spiro atoms. The van der Waals surface area contributed by atoms with E-state index in [0.29, 0.717) is 0 Å². The Morgan fingerprint density at radius 1 is 1.40 bits per heavy atom. The van der Waals surface area contributed by atoms with Crippen molar-refractivity contribution < 1.29 is 0 Å². The zero-order valence-corrected chi connectivity index (χ0v) is 9.32. The quantitative estimate of drug-likeness (QED) is 0.674. The summed E-state index contributed by atoms with van der Waals surface area (Å²) in [5, 5.41) is 0.922.